The Bertz CT molecular complexity index is 874. The van der Waals surface area contributed by atoms with Crippen molar-refractivity contribution in [1.29, 1.82) is 0 Å². The van der Waals surface area contributed by atoms with Gasteiger partial charge in [-0.05, 0) is 42.0 Å². The number of methoxy groups -OCH3 is 1. The van der Waals surface area contributed by atoms with Gasteiger partial charge in [-0.25, -0.2) is 4.79 Å². The molecule has 0 aliphatic rings. The molecule has 0 atom stereocenters. The Hall–Kier alpha value is -2.39. The van der Waals surface area contributed by atoms with Crippen LogP contribution in [0.1, 0.15) is 16.1 Å². The fourth-order valence-electron chi connectivity index (χ4n) is 2.56. The van der Waals surface area contributed by atoms with Gasteiger partial charge in [-0.15, -0.1) is 0 Å². The Labute approximate surface area is 133 Å². The molecule has 110 valence electrons. The first-order valence-electron chi connectivity index (χ1n) is 6.84. The summed E-state index contributed by atoms with van der Waals surface area (Å²) in [5, 5.41) is 2.55. The summed E-state index contributed by atoms with van der Waals surface area (Å²) in [5.41, 5.74) is 3.23. The highest BCUT2D eigenvalue weighted by Gasteiger charge is 2.14. The van der Waals surface area contributed by atoms with E-state index in [2.05, 4.69) is 4.98 Å². The lowest BCUT2D eigenvalue weighted by molar-refractivity contribution is 0.0601. The van der Waals surface area contributed by atoms with Crippen LogP contribution in [0.15, 0.2) is 48.7 Å². The number of pyridine rings is 1. The molecule has 0 bridgehead atoms. The zero-order valence-corrected chi connectivity index (χ0v) is 13.0. The first kappa shape index (κ1) is 14.5. The van der Waals surface area contributed by atoms with Crippen LogP contribution in [0.3, 0.4) is 0 Å². The topological polar surface area (TPSA) is 39.2 Å². The fourth-order valence-corrected chi connectivity index (χ4v) is 2.83. The lowest BCUT2D eigenvalue weighted by atomic mass is 9.96. The van der Waals surface area contributed by atoms with Crippen LogP contribution in [0.25, 0.3) is 21.9 Å². The van der Waals surface area contributed by atoms with E-state index < -0.39 is 0 Å². The summed E-state index contributed by atoms with van der Waals surface area (Å²) >= 11 is 6.43. The molecule has 2 aromatic carbocycles. The van der Waals surface area contributed by atoms with E-state index in [0.29, 0.717) is 10.6 Å². The molecule has 0 spiro atoms. The van der Waals surface area contributed by atoms with Gasteiger partial charge >= 0.3 is 5.97 Å². The van der Waals surface area contributed by atoms with Gasteiger partial charge in [0.25, 0.3) is 0 Å². The molecular weight excluding hydrogens is 298 g/mol. The van der Waals surface area contributed by atoms with Crippen LogP contribution < -0.4 is 0 Å². The molecule has 3 rings (SSSR count). The molecule has 0 saturated heterocycles. The number of fused-ring (bicyclic) bond motifs is 1. The van der Waals surface area contributed by atoms with Crippen LogP contribution in [0.2, 0.25) is 5.02 Å². The van der Waals surface area contributed by atoms with Crippen molar-refractivity contribution in [1.82, 2.24) is 4.98 Å². The van der Waals surface area contributed by atoms with Crippen molar-refractivity contribution in [3.63, 3.8) is 0 Å². The third-order valence-electron chi connectivity index (χ3n) is 3.67. The van der Waals surface area contributed by atoms with Gasteiger partial charge in [0.15, 0.2) is 0 Å². The highest BCUT2D eigenvalue weighted by atomic mass is 35.5. The van der Waals surface area contributed by atoms with Gasteiger partial charge in [0.1, 0.15) is 0 Å². The summed E-state index contributed by atoms with van der Waals surface area (Å²) in [6.45, 7) is 1.94. The molecule has 0 aliphatic heterocycles. The van der Waals surface area contributed by atoms with E-state index >= 15 is 0 Å². The second-order valence-corrected chi connectivity index (χ2v) is 5.39. The highest BCUT2D eigenvalue weighted by molar-refractivity contribution is 6.35. The van der Waals surface area contributed by atoms with Crippen LogP contribution in [0.4, 0.5) is 0 Å². The number of hydrogen-bond donors (Lipinski definition) is 0. The van der Waals surface area contributed by atoms with Gasteiger partial charge in [0, 0.05) is 28.0 Å². The Balaban J connectivity index is 2.35. The van der Waals surface area contributed by atoms with Crippen molar-refractivity contribution in [3.8, 4) is 11.1 Å². The quantitative estimate of drug-likeness (QED) is 0.647. The minimum absolute atomic E-state index is 0.365. The predicted octanol–water partition coefficient (Wildman–Crippen LogP) is 4.65. The van der Waals surface area contributed by atoms with Gasteiger partial charge in [-0.1, -0.05) is 29.8 Å². The van der Waals surface area contributed by atoms with Crippen molar-refractivity contribution in [2.75, 3.05) is 7.11 Å². The van der Waals surface area contributed by atoms with Crippen molar-refractivity contribution in [2.45, 2.75) is 6.92 Å². The van der Waals surface area contributed by atoms with Crippen LogP contribution in [-0.2, 0) is 4.74 Å². The molecule has 0 radical (unpaired) electrons. The zero-order chi connectivity index (χ0) is 15.7. The van der Waals surface area contributed by atoms with E-state index in [-0.39, 0.29) is 5.97 Å². The molecular formula is C18H14ClNO2. The van der Waals surface area contributed by atoms with Crippen LogP contribution in [0, 0.1) is 6.92 Å². The first-order chi connectivity index (χ1) is 10.6. The summed E-state index contributed by atoms with van der Waals surface area (Å²) in [4.78, 5) is 16.1. The number of carbonyl (C=O) groups is 1. The number of benzene rings is 2. The normalized spacial score (nSPS) is 10.7. The standard InChI is InChI=1S/C18H14ClNO2/c1-11-14(4-3-9-20-11)17-15-10-13(18(21)22-2)6-5-12(15)7-8-16(17)19/h3-10H,1-2H3. The Morgan fingerprint density at radius 3 is 2.68 bits per heavy atom. The second-order valence-electron chi connectivity index (χ2n) is 4.99. The number of aryl methyl sites for hydroxylation is 1. The highest BCUT2D eigenvalue weighted by Crippen LogP contribution is 2.36. The molecule has 0 N–H and O–H groups in total. The van der Waals surface area contributed by atoms with Gasteiger partial charge in [0.2, 0.25) is 0 Å². The van der Waals surface area contributed by atoms with Gasteiger partial charge < -0.3 is 4.74 Å². The number of esters is 1. The Morgan fingerprint density at radius 2 is 1.95 bits per heavy atom. The maximum Gasteiger partial charge on any atom is 0.337 e. The second kappa shape index (κ2) is 5.78. The van der Waals surface area contributed by atoms with Gasteiger partial charge in [-0.3, -0.25) is 4.98 Å². The number of nitrogens with zero attached hydrogens (tertiary/aromatic N) is 1. The van der Waals surface area contributed by atoms with Crippen molar-refractivity contribution in [2.24, 2.45) is 0 Å². The Kier molecular flexibility index (Phi) is 3.82. The van der Waals surface area contributed by atoms with E-state index in [1.165, 1.54) is 7.11 Å². The summed E-state index contributed by atoms with van der Waals surface area (Å²) in [5.74, 6) is -0.365. The van der Waals surface area contributed by atoms with Crippen molar-refractivity contribution in [3.05, 3.63) is 64.9 Å². The molecule has 22 heavy (non-hydrogen) atoms. The first-order valence-corrected chi connectivity index (χ1v) is 7.22. The Morgan fingerprint density at radius 1 is 1.18 bits per heavy atom. The number of rotatable bonds is 2. The smallest absolute Gasteiger partial charge is 0.337 e. The van der Waals surface area contributed by atoms with Crippen LogP contribution in [-0.4, -0.2) is 18.1 Å². The van der Waals surface area contributed by atoms with Crippen molar-refractivity contribution >= 4 is 28.3 Å². The predicted molar refractivity (Wildman–Crippen MR) is 88.3 cm³/mol. The number of halogens is 1. The fraction of sp³-hybridized carbons (Fsp3) is 0.111. The van der Waals surface area contributed by atoms with Gasteiger partial charge in [0.05, 0.1) is 12.7 Å². The lowest BCUT2D eigenvalue weighted by Crippen LogP contribution is -2.01. The SMILES string of the molecule is COC(=O)c1ccc2ccc(Cl)c(-c3cccnc3C)c2c1. The van der Waals surface area contributed by atoms with Crippen molar-refractivity contribution < 1.29 is 9.53 Å². The molecule has 0 saturated carbocycles. The lowest BCUT2D eigenvalue weighted by Gasteiger charge is -2.12. The molecule has 0 aliphatic carbocycles. The van der Waals surface area contributed by atoms with E-state index in [1.54, 1.807) is 12.3 Å². The maximum atomic E-state index is 11.8. The third-order valence-corrected chi connectivity index (χ3v) is 3.98. The van der Waals surface area contributed by atoms with Crippen LogP contribution in [0.5, 0.6) is 0 Å². The molecule has 1 heterocycles. The number of hydrogen-bond acceptors (Lipinski definition) is 3. The van der Waals surface area contributed by atoms with E-state index in [9.17, 15) is 4.79 Å². The van der Waals surface area contributed by atoms with Crippen LogP contribution >= 0.6 is 11.6 Å². The third kappa shape index (κ3) is 2.44. The van der Waals surface area contributed by atoms with E-state index in [1.807, 2.05) is 43.3 Å². The minimum Gasteiger partial charge on any atom is -0.465 e. The monoisotopic (exact) mass is 311 g/mol. The van der Waals surface area contributed by atoms with E-state index in [4.69, 9.17) is 16.3 Å². The molecule has 3 aromatic rings. The number of aromatic nitrogens is 1. The number of carbonyl (C=O) groups excluding carboxylic acids is 1. The average molecular weight is 312 g/mol. The molecule has 1 aromatic heterocycles. The summed E-state index contributed by atoms with van der Waals surface area (Å²) in [6.07, 6.45) is 1.75. The molecule has 0 amide bonds. The number of ether oxygens (including phenoxy) is 1. The minimum atomic E-state index is -0.365. The average Bonchev–Trinajstić information content (AvgIpc) is 2.54. The summed E-state index contributed by atoms with van der Waals surface area (Å²) in [6, 6.07) is 13.1. The largest absolute Gasteiger partial charge is 0.465 e. The summed E-state index contributed by atoms with van der Waals surface area (Å²) < 4.78 is 4.80. The van der Waals surface area contributed by atoms with Gasteiger partial charge in [-0.2, -0.15) is 0 Å². The zero-order valence-electron chi connectivity index (χ0n) is 12.3. The summed E-state index contributed by atoms with van der Waals surface area (Å²) in [7, 11) is 1.37. The molecule has 0 unspecified atom stereocenters. The molecule has 4 heteroatoms. The van der Waals surface area contributed by atoms with E-state index in [0.717, 1.165) is 27.6 Å². The maximum absolute atomic E-state index is 11.8. The molecule has 0 fully saturated rings. The molecule has 3 nitrogen and oxygen atoms in total.